The van der Waals surface area contributed by atoms with Crippen LogP contribution < -0.4 is 0 Å². The van der Waals surface area contributed by atoms with Gasteiger partial charge in [-0.1, -0.05) is 19.3 Å². The van der Waals surface area contributed by atoms with Crippen LogP contribution >= 0.6 is 0 Å². The summed E-state index contributed by atoms with van der Waals surface area (Å²) < 4.78 is 222. The summed E-state index contributed by atoms with van der Waals surface area (Å²) in [4.78, 5) is 0. The molecule has 0 saturated heterocycles. The Morgan fingerprint density at radius 2 is 0.970 bits per heavy atom. The van der Waals surface area contributed by atoms with Gasteiger partial charge in [-0.15, -0.1) is 26.3 Å². The van der Waals surface area contributed by atoms with Gasteiger partial charge in [0.05, 0.1) is 0 Å². The Morgan fingerprint density at radius 3 is 1.30 bits per heavy atom. The highest BCUT2D eigenvalue weighted by Crippen LogP contribution is 2.54. The van der Waals surface area contributed by atoms with Gasteiger partial charge in [0.25, 0.3) is 0 Å². The number of unbranched alkanes of at least 4 members (excludes halogenated alkanes) is 3. The molecule has 2 nitrogen and oxygen atoms in total. The molecule has 20 heteroatoms. The molecule has 0 radical (unpaired) electrons. The Balaban J connectivity index is 5.87. The number of rotatable bonds is 11. The van der Waals surface area contributed by atoms with E-state index in [0.29, 0.717) is 0 Å². The third-order valence-electron chi connectivity index (χ3n) is 3.79. The zero-order chi connectivity index (χ0) is 26.7. The molecule has 0 aromatic heterocycles. The summed E-state index contributed by atoms with van der Waals surface area (Å²) in [6.45, 7) is 0. The summed E-state index contributed by atoms with van der Waals surface area (Å²) >= 11 is 0. The van der Waals surface area contributed by atoms with E-state index in [1.165, 1.54) is 0 Å². The lowest BCUT2D eigenvalue weighted by Crippen LogP contribution is -2.77. The van der Waals surface area contributed by atoms with E-state index in [2.05, 4.69) is 0 Å². The third kappa shape index (κ3) is 8.91. The van der Waals surface area contributed by atoms with Crippen LogP contribution in [-0.4, -0.2) is 50.9 Å². The van der Waals surface area contributed by atoms with E-state index in [1.807, 2.05) is 8.85 Å². The fourth-order valence-corrected chi connectivity index (χ4v) is 4.50. The van der Waals surface area contributed by atoms with E-state index in [9.17, 15) is 74.6 Å². The molecule has 0 aliphatic heterocycles. The summed E-state index contributed by atoms with van der Waals surface area (Å²) in [7, 11) is -9.47. The normalized spacial score (nSPS) is 16.3. The molecule has 0 aliphatic rings. The van der Waals surface area contributed by atoms with Crippen LogP contribution in [0.5, 0.6) is 0 Å². The first-order valence-electron chi connectivity index (χ1n) is 8.36. The molecule has 0 N–H and O–H groups in total. The van der Waals surface area contributed by atoms with Gasteiger partial charge in [-0.25, -0.2) is 4.39 Å². The minimum absolute atomic E-state index is 0.441. The highest BCUT2D eigenvalue weighted by atomic mass is 28.4. The van der Waals surface area contributed by atoms with Gasteiger partial charge in [0, 0.05) is 6.42 Å². The fraction of sp³-hybridized carbons (Fsp3) is 1.00. The van der Waals surface area contributed by atoms with Crippen LogP contribution in [0.4, 0.5) is 74.6 Å². The molecule has 0 spiro atoms. The second-order valence-electron chi connectivity index (χ2n) is 6.44. The molecule has 200 valence electrons. The van der Waals surface area contributed by atoms with Crippen LogP contribution in [-0.2, 0) is 8.85 Å². The molecular formula is C13H13F17O2Si. The van der Waals surface area contributed by atoms with Gasteiger partial charge in [-0.3, -0.25) is 8.85 Å². The highest BCUT2D eigenvalue weighted by Gasteiger charge is 2.90. The smallest absolute Gasteiger partial charge is 0.296 e. The molecule has 0 heterocycles. The predicted molar refractivity (Wildman–Crippen MR) is 74.6 cm³/mol. The topological polar surface area (TPSA) is 18.5 Å². The first-order chi connectivity index (χ1) is 14.3. The van der Waals surface area contributed by atoms with E-state index in [1.54, 1.807) is 0 Å². The molecule has 0 fully saturated rings. The number of hydrogen-bond acceptors (Lipinski definition) is 2. The van der Waals surface area contributed by atoms with E-state index >= 15 is 0 Å². The standard InChI is InChI=1S/C13H13F17O2Si/c14-7(5-3-1-2-4-6-8(15,16)17)9(18,19)10(20,21)33(13(28,29)30,31-11(22,23)24)32-12(25,26)27/h7H,1-6H2. The van der Waals surface area contributed by atoms with E-state index in [4.69, 9.17) is 0 Å². The largest absolute Gasteiger partial charge is 0.550 e. The van der Waals surface area contributed by atoms with Crippen LogP contribution in [0, 0.1) is 0 Å². The minimum Gasteiger partial charge on any atom is -0.296 e. The molecular weight excluding hydrogens is 539 g/mol. The lowest BCUT2D eigenvalue weighted by molar-refractivity contribution is -0.358. The summed E-state index contributed by atoms with van der Waals surface area (Å²) in [5.74, 6) is -14.3. The van der Waals surface area contributed by atoms with Gasteiger partial charge in [-0.2, -0.15) is 43.9 Å². The number of hydrogen-bond donors (Lipinski definition) is 0. The second kappa shape index (κ2) is 10.3. The Hall–Kier alpha value is -1.05. The monoisotopic (exact) mass is 552 g/mol. The summed E-state index contributed by atoms with van der Waals surface area (Å²) in [5.41, 5.74) is -7.51. The zero-order valence-corrected chi connectivity index (χ0v) is 16.6. The molecule has 0 aliphatic carbocycles. The Bertz CT molecular complexity index is 590. The average Bonchev–Trinajstić information content (AvgIpc) is 2.52. The minimum atomic E-state index is -9.47. The van der Waals surface area contributed by atoms with Crippen LogP contribution in [0.25, 0.3) is 0 Å². The van der Waals surface area contributed by atoms with Crippen LogP contribution in [0.2, 0.25) is 0 Å². The molecule has 0 rings (SSSR count). The molecule has 0 bridgehead atoms. The maximum Gasteiger partial charge on any atom is 0.550 e. The van der Waals surface area contributed by atoms with Crippen molar-refractivity contribution >= 4 is 8.56 Å². The van der Waals surface area contributed by atoms with Gasteiger partial charge in [-0.05, 0) is 12.8 Å². The van der Waals surface area contributed by atoms with Crippen molar-refractivity contribution in [3.05, 3.63) is 0 Å². The number of alkyl halides is 17. The van der Waals surface area contributed by atoms with E-state index in [0.717, 1.165) is 0 Å². The maximum absolute atomic E-state index is 14.1. The van der Waals surface area contributed by atoms with Crippen molar-refractivity contribution in [2.75, 3.05) is 0 Å². The quantitative estimate of drug-likeness (QED) is 0.149. The maximum atomic E-state index is 14.1. The van der Waals surface area contributed by atoms with Crippen molar-refractivity contribution < 1.29 is 83.5 Å². The second-order valence-corrected chi connectivity index (χ2v) is 9.28. The van der Waals surface area contributed by atoms with Gasteiger partial charge >= 0.3 is 44.7 Å². The van der Waals surface area contributed by atoms with Gasteiger partial charge < -0.3 is 0 Å². The van der Waals surface area contributed by atoms with Crippen molar-refractivity contribution in [1.82, 2.24) is 0 Å². The Labute approximate surface area is 174 Å². The summed E-state index contributed by atoms with van der Waals surface area (Å²) in [6, 6.07) is 0. The van der Waals surface area contributed by atoms with Crippen molar-refractivity contribution in [1.29, 1.82) is 0 Å². The lowest BCUT2D eigenvalue weighted by atomic mass is 10.0. The van der Waals surface area contributed by atoms with Crippen LogP contribution in [0.15, 0.2) is 0 Å². The average molecular weight is 552 g/mol. The first-order valence-corrected chi connectivity index (χ1v) is 10.2. The fourth-order valence-electron chi connectivity index (χ4n) is 2.37. The lowest BCUT2D eigenvalue weighted by Gasteiger charge is -2.41. The van der Waals surface area contributed by atoms with Crippen molar-refractivity contribution in [3.8, 4) is 0 Å². The van der Waals surface area contributed by atoms with E-state index < -0.39 is 89.4 Å². The Kier molecular flexibility index (Phi) is 9.96. The molecule has 0 aromatic carbocycles. The van der Waals surface area contributed by atoms with Gasteiger partial charge in [0.1, 0.15) is 0 Å². The SMILES string of the molecule is FC(CCCCCCC(F)(F)F)C(F)(F)C(F)(F)[Si](OC(F)(F)F)(OC(F)(F)F)C(F)(F)F. The molecule has 33 heavy (non-hydrogen) atoms. The van der Waals surface area contributed by atoms with Gasteiger partial charge in [0.2, 0.25) is 0 Å². The third-order valence-corrected chi connectivity index (χ3v) is 6.73. The van der Waals surface area contributed by atoms with Gasteiger partial charge in [0.15, 0.2) is 6.17 Å². The molecule has 0 saturated carbocycles. The first kappa shape index (κ1) is 31.9. The molecule has 1 atom stereocenters. The summed E-state index contributed by atoms with van der Waals surface area (Å²) in [6.07, 6.45) is -28.9. The predicted octanol–water partition coefficient (Wildman–Crippen LogP) is 7.65. The van der Waals surface area contributed by atoms with Crippen molar-refractivity contribution in [3.63, 3.8) is 0 Å². The van der Waals surface area contributed by atoms with Crippen LogP contribution in [0.1, 0.15) is 38.5 Å². The van der Waals surface area contributed by atoms with Crippen LogP contribution in [0.3, 0.4) is 0 Å². The van der Waals surface area contributed by atoms with Crippen molar-refractivity contribution in [2.45, 2.75) is 80.9 Å². The number of halogens is 17. The summed E-state index contributed by atoms with van der Waals surface area (Å²) in [5, 5.41) is 0. The molecule has 1 unspecified atom stereocenters. The highest BCUT2D eigenvalue weighted by molar-refractivity contribution is 6.72. The Morgan fingerprint density at radius 1 is 0.576 bits per heavy atom. The molecule has 0 amide bonds. The van der Waals surface area contributed by atoms with E-state index in [-0.39, 0.29) is 0 Å². The molecule has 0 aromatic rings. The van der Waals surface area contributed by atoms with Crippen molar-refractivity contribution in [2.24, 2.45) is 0 Å². The zero-order valence-electron chi connectivity index (χ0n) is 15.6.